The van der Waals surface area contributed by atoms with Gasteiger partial charge in [-0.2, -0.15) is 33.7 Å². The van der Waals surface area contributed by atoms with Crippen LogP contribution in [0.25, 0.3) is 11.1 Å². The van der Waals surface area contributed by atoms with Crippen LogP contribution in [0.4, 0.5) is 0 Å². The summed E-state index contributed by atoms with van der Waals surface area (Å²) in [4.78, 5) is -6.39. The highest BCUT2D eigenvalue weighted by Crippen LogP contribution is 2.42. The summed E-state index contributed by atoms with van der Waals surface area (Å²) < 4.78 is 132. The van der Waals surface area contributed by atoms with E-state index in [9.17, 15) is 51.9 Å². The van der Waals surface area contributed by atoms with Crippen molar-refractivity contribution in [3.05, 3.63) is 34.3 Å². The molecule has 30 heavy (non-hydrogen) atoms. The second kappa shape index (κ2) is 7.66. The summed E-state index contributed by atoms with van der Waals surface area (Å²) in [5.74, 6) is 0. The lowest BCUT2D eigenvalue weighted by Crippen LogP contribution is -2.14. The smallest absolute Gasteiger partial charge is 0.282 e. The molecule has 166 valence electrons. The summed E-state index contributed by atoms with van der Waals surface area (Å²) in [6.07, 6.45) is 0. The summed E-state index contributed by atoms with van der Waals surface area (Å²) in [5, 5.41) is -1.82. The fourth-order valence-corrected chi connectivity index (χ4v) is 7.69. The normalized spacial score (nSPS) is 13.4. The van der Waals surface area contributed by atoms with E-state index in [0.717, 1.165) is 0 Å². The molecule has 0 fully saturated rings. The van der Waals surface area contributed by atoms with Crippen molar-refractivity contribution >= 4 is 63.7 Å². The number of rotatable bonds is 5. The minimum absolute atomic E-state index is 0.645. The van der Waals surface area contributed by atoms with Gasteiger partial charge in [0, 0.05) is 11.1 Å². The Balaban J connectivity index is 3.32. The van der Waals surface area contributed by atoms with Gasteiger partial charge < -0.3 is 0 Å². The molecule has 4 N–H and O–H groups in total. The third-order valence-corrected chi connectivity index (χ3v) is 8.32. The Labute approximate surface area is 180 Å². The maximum Gasteiger partial charge on any atom is 0.297 e. The highest BCUT2D eigenvalue weighted by molar-refractivity contribution is 7.89. The first kappa shape index (κ1) is 24.9. The molecule has 2 rings (SSSR count). The van der Waals surface area contributed by atoms with Crippen LogP contribution in [0.3, 0.4) is 0 Å². The van der Waals surface area contributed by atoms with Gasteiger partial charge in [0.25, 0.3) is 40.5 Å². The van der Waals surface area contributed by atoms with E-state index in [-0.39, 0.29) is 0 Å². The number of hydrogen-bond acceptors (Lipinski definition) is 8. The van der Waals surface area contributed by atoms with Crippen molar-refractivity contribution in [1.82, 2.24) is 0 Å². The molecule has 0 bridgehead atoms. The van der Waals surface area contributed by atoms with Crippen molar-refractivity contribution in [2.75, 3.05) is 0 Å². The van der Waals surface area contributed by atoms with E-state index in [2.05, 4.69) is 0 Å². The van der Waals surface area contributed by atoms with E-state index in [1.807, 2.05) is 0 Å². The molecule has 0 amide bonds. The summed E-state index contributed by atoms with van der Waals surface area (Å²) in [5.41, 5.74) is -2.05. The average molecular weight is 543 g/mol. The van der Waals surface area contributed by atoms with Crippen LogP contribution in [-0.2, 0) is 40.5 Å². The van der Waals surface area contributed by atoms with Gasteiger partial charge in [-0.1, -0.05) is 35.3 Å². The second-order valence-electron chi connectivity index (χ2n) is 5.41. The Morgan fingerprint density at radius 3 is 0.900 bits per heavy atom. The molecule has 0 heterocycles. The predicted octanol–water partition coefficient (Wildman–Crippen LogP) is 1.65. The van der Waals surface area contributed by atoms with Crippen LogP contribution < -0.4 is 0 Å². The van der Waals surface area contributed by atoms with Crippen LogP contribution in [0.15, 0.2) is 43.8 Å². The van der Waals surface area contributed by atoms with Gasteiger partial charge in [0.2, 0.25) is 0 Å². The molecule has 0 atom stereocenters. The van der Waals surface area contributed by atoms with Crippen LogP contribution in [0.1, 0.15) is 0 Å². The van der Waals surface area contributed by atoms with Gasteiger partial charge in [-0.25, -0.2) is 0 Å². The molecule has 12 nitrogen and oxygen atoms in total. The third-order valence-electron chi connectivity index (χ3n) is 3.45. The molecule has 2 aromatic rings. The van der Waals surface area contributed by atoms with Crippen LogP contribution in [0.2, 0.25) is 10.0 Å². The van der Waals surface area contributed by atoms with E-state index in [4.69, 9.17) is 23.2 Å². The van der Waals surface area contributed by atoms with Crippen LogP contribution >= 0.6 is 23.2 Å². The topological polar surface area (TPSA) is 217 Å². The summed E-state index contributed by atoms with van der Waals surface area (Å²) >= 11 is 11.2. The number of benzene rings is 2. The number of halogens is 2. The first-order valence-electron chi connectivity index (χ1n) is 6.83. The van der Waals surface area contributed by atoms with Gasteiger partial charge >= 0.3 is 0 Å². The molecule has 0 aliphatic carbocycles. The highest BCUT2D eigenvalue weighted by atomic mass is 35.5. The van der Waals surface area contributed by atoms with Crippen molar-refractivity contribution in [2.45, 2.75) is 19.6 Å². The SMILES string of the molecule is O=S(=O)(O)c1c(Cl)ccc(-c2ccc(Cl)c(S(=O)(=O)O)c2S(=O)(=O)O)c1S(=O)(=O)O. The Hall–Kier alpha value is -1.34. The van der Waals surface area contributed by atoms with Gasteiger partial charge in [0.1, 0.15) is 19.6 Å². The quantitative estimate of drug-likeness (QED) is 0.396. The van der Waals surface area contributed by atoms with Crippen molar-refractivity contribution in [2.24, 2.45) is 0 Å². The molecular formula is C12H8Cl2O12S4. The summed E-state index contributed by atoms with van der Waals surface area (Å²) in [6.45, 7) is 0. The van der Waals surface area contributed by atoms with Gasteiger partial charge in [-0.05, 0) is 12.1 Å². The van der Waals surface area contributed by atoms with E-state index in [1.54, 1.807) is 0 Å². The van der Waals surface area contributed by atoms with Crippen molar-refractivity contribution in [3.63, 3.8) is 0 Å². The largest absolute Gasteiger partial charge is 0.297 e. The molecule has 0 saturated heterocycles. The fourth-order valence-electron chi connectivity index (χ4n) is 2.49. The molecule has 18 heteroatoms. The molecule has 0 spiro atoms. The zero-order chi connectivity index (χ0) is 23.4. The Morgan fingerprint density at radius 1 is 0.467 bits per heavy atom. The first-order chi connectivity index (χ1) is 13.3. The van der Waals surface area contributed by atoms with Crippen molar-refractivity contribution in [1.29, 1.82) is 0 Å². The minimum Gasteiger partial charge on any atom is -0.282 e. The van der Waals surface area contributed by atoms with E-state index in [0.29, 0.717) is 24.3 Å². The Bertz CT molecular complexity index is 1380. The maximum absolute atomic E-state index is 11.9. The number of hydrogen-bond donors (Lipinski definition) is 4. The highest BCUT2D eigenvalue weighted by Gasteiger charge is 2.36. The zero-order valence-electron chi connectivity index (χ0n) is 13.8. The lowest BCUT2D eigenvalue weighted by molar-refractivity contribution is 0.465. The Kier molecular flexibility index (Phi) is 6.36. The van der Waals surface area contributed by atoms with Gasteiger partial charge in [-0.3, -0.25) is 18.2 Å². The molecule has 0 aromatic heterocycles. The zero-order valence-corrected chi connectivity index (χ0v) is 18.5. The molecule has 0 aliphatic heterocycles. The minimum atomic E-state index is -5.58. The lowest BCUT2D eigenvalue weighted by atomic mass is 10.1. The van der Waals surface area contributed by atoms with Gasteiger partial charge in [0.15, 0.2) is 0 Å². The molecule has 0 saturated carbocycles. The van der Waals surface area contributed by atoms with E-state index in [1.165, 1.54) is 0 Å². The van der Waals surface area contributed by atoms with Gasteiger partial charge in [0.05, 0.1) is 10.0 Å². The first-order valence-corrected chi connectivity index (χ1v) is 13.3. The molecular weight excluding hydrogens is 535 g/mol. The predicted molar refractivity (Wildman–Crippen MR) is 101 cm³/mol. The summed E-state index contributed by atoms with van der Waals surface area (Å²) in [7, 11) is -22.1. The second-order valence-corrected chi connectivity index (χ2v) is 11.7. The van der Waals surface area contributed by atoms with Crippen LogP contribution in [0, 0.1) is 0 Å². The fraction of sp³-hybridized carbons (Fsp3) is 0. The monoisotopic (exact) mass is 542 g/mol. The standard InChI is InChI=1S/C12H8Cl2O12S4/c13-7-3-1-5(9(27(15,16)17)11(7)29(21,22)23)6-2-4-8(14)12(30(24,25)26)10(6)28(18,19)20/h1-4H,(H,15,16,17)(H,18,19,20)(H,21,22,23)(H,24,25,26). The van der Waals surface area contributed by atoms with Gasteiger partial charge in [-0.15, -0.1) is 0 Å². The van der Waals surface area contributed by atoms with Crippen LogP contribution in [0.5, 0.6) is 0 Å². The average Bonchev–Trinajstić information content (AvgIpc) is 2.50. The van der Waals surface area contributed by atoms with Crippen molar-refractivity contribution < 1.29 is 51.9 Å². The summed E-state index contributed by atoms with van der Waals surface area (Å²) in [6, 6.07) is 2.63. The molecule has 2 aromatic carbocycles. The lowest BCUT2D eigenvalue weighted by Gasteiger charge is -2.16. The molecule has 0 aliphatic rings. The maximum atomic E-state index is 11.9. The molecule has 0 unspecified atom stereocenters. The van der Waals surface area contributed by atoms with Crippen molar-refractivity contribution in [3.8, 4) is 11.1 Å². The van der Waals surface area contributed by atoms with Crippen LogP contribution in [-0.4, -0.2) is 51.9 Å². The van der Waals surface area contributed by atoms with E-state index < -0.39 is 81.2 Å². The third kappa shape index (κ3) is 4.77. The van der Waals surface area contributed by atoms with E-state index >= 15 is 0 Å². The Morgan fingerprint density at radius 2 is 0.700 bits per heavy atom. The molecule has 0 radical (unpaired) electrons.